The summed E-state index contributed by atoms with van der Waals surface area (Å²) in [5.74, 6) is 0. The van der Waals surface area contributed by atoms with Crippen molar-refractivity contribution in [1.82, 2.24) is 0 Å². The van der Waals surface area contributed by atoms with Crippen LogP contribution in [0.1, 0.15) is 0 Å². The quantitative estimate of drug-likeness (QED) is 0.481. The molecular formula is O6OsP3. The molecule has 10 heteroatoms. The van der Waals surface area contributed by atoms with Crippen molar-refractivity contribution in [1.29, 1.82) is 0 Å². The van der Waals surface area contributed by atoms with Crippen LogP contribution in [0.5, 0.6) is 0 Å². The topological polar surface area (TPSA) is 120 Å². The van der Waals surface area contributed by atoms with Crippen LogP contribution in [0.3, 0.4) is 0 Å². The third kappa shape index (κ3) is 808. The number of hydrogen-bond donors (Lipinski definition) is 0. The largest absolute Gasteiger partial charge is 3.00 e. The molecule has 0 bridgehead atoms. The van der Waals surface area contributed by atoms with Gasteiger partial charge in [0, 0.05) is 0 Å². The van der Waals surface area contributed by atoms with E-state index in [1.165, 1.54) is 0 Å². The van der Waals surface area contributed by atoms with Crippen LogP contribution in [-0.2, 0) is 33.5 Å². The van der Waals surface area contributed by atoms with Gasteiger partial charge in [0.05, 0.1) is 26.1 Å². The first-order valence-corrected chi connectivity index (χ1v) is 3.29. The molecule has 0 atom stereocenters. The Kier molecular flexibility index (Phi) is 118. The minimum atomic E-state index is -1.08. The minimum Gasteiger partial charge on any atom is -0.772 e. The van der Waals surface area contributed by atoms with Gasteiger partial charge in [-0.1, -0.05) is 0 Å². The second-order valence-corrected chi connectivity index (χ2v) is 0.671. The molecule has 0 saturated carbocycles. The van der Waals surface area contributed by atoms with Crippen LogP contribution in [0, 0.1) is 0 Å². The molecule has 59 valence electrons. The average Bonchev–Trinajstić information content (AvgIpc) is 1.70. The molecule has 6 nitrogen and oxygen atoms in total. The maximum atomic E-state index is 8.35. The summed E-state index contributed by atoms with van der Waals surface area (Å²) in [7, 11) is -3.25. The van der Waals surface area contributed by atoms with E-state index in [1.54, 1.807) is 0 Å². The predicted molar refractivity (Wildman–Crippen MR) is 22.8 cm³/mol. The van der Waals surface area contributed by atoms with Gasteiger partial charge >= 0.3 is 19.8 Å². The van der Waals surface area contributed by atoms with Gasteiger partial charge in [0.15, 0.2) is 0 Å². The third-order valence-electron chi connectivity index (χ3n) is 0. The fraction of sp³-hybridized carbons (Fsp3) is 0. The number of hydrogen-bond acceptors (Lipinski definition) is 6. The fourth-order valence-electron chi connectivity index (χ4n) is 0. The standard InChI is InChI=1S/3HO2P.Os/c3*1-3-2;/h3*(H,1,2);/q;;;+3/p-3. The summed E-state index contributed by atoms with van der Waals surface area (Å²) in [4.78, 5) is 25.0. The molecule has 0 heterocycles. The summed E-state index contributed by atoms with van der Waals surface area (Å²) < 4.78 is 25.0. The van der Waals surface area contributed by atoms with Crippen molar-refractivity contribution in [2.45, 2.75) is 0 Å². The van der Waals surface area contributed by atoms with E-state index >= 15 is 0 Å². The number of rotatable bonds is 0. The zero-order valence-corrected chi connectivity index (χ0v) is 9.37. The Bertz CT molecular complexity index is 49.7. The maximum absolute atomic E-state index is 8.35. The Morgan fingerprint density at radius 1 is 0.700 bits per heavy atom. The van der Waals surface area contributed by atoms with Crippen molar-refractivity contribution in [3.05, 3.63) is 0 Å². The van der Waals surface area contributed by atoms with Gasteiger partial charge in [-0.05, 0) is 0 Å². The van der Waals surface area contributed by atoms with Crippen LogP contribution >= 0.6 is 26.1 Å². The average molecular weight is 379 g/mol. The molecule has 0 saturated heterocycles. The summed E-state index contributed by atoms with van der Waals surface area (Å²) >= 11 is 0. The summed E-state index contributed by atoms with van der Waals surface area (Å²) in [5, 5.41) is 0. The van der Waals surface area contributed by atoms with E-state index in [0.29, 0.717) is 0 Å². The maximum Gasteiger partial charge on any atom is 3.00 e. The van der Waals surface area contributed by atoms with Crippen molar-refractivity contribution in [3.8, 4) is 0 Å². The van der Waals surface area contributed by atoms with Crippen molar-refractivity contribution >= 4 is 26.1 Å². The summed E-state index contributed by atoms with van der Waals surface area (Å²) in [6.45, 7) is 0. The van der Waals surface area contributed by atoms with Crippen LogP contribution in [-0.4, -0.2) is 0 Å². The summed E-state index contributed by atoms with van der Waals surface area (Å²) in [6, 6.07) is 0. The van der Waals surface area contributed by atoms with E-state index in [0.717, 1.165) is 0 Å². The molecule has 1 radical (unpaired) electrons. The molecule has 0 rings (SSSR count). The van der Waals surface area contributed by atoms with E-state index in [9.17, 15) is 0 Å². The zero-order valence-electron chi connectivity index (χ0n) is 4.14. The molecule has 0 spiro atoms. The van der Waals surface area contributed by atoms with Gasteiger partial charge in [0.2, 0.25) is 0 Å². The fourth-order valence-corrected chi connectivity index (χ4v) is 0. The van der Waals surface area contributed by atoms with Crippen molar-refractivity contribution in [2.24, 2.45) is 0 Å². The molecule has 0 amide bonds. The van der Waals surface area contributed by atoms with Gasteiger partial charge in [-0.25, -0.2) is 0 Å². The van der Waals surface area contributed by atoms with Gasteiger partial charge in [-0.15, -0.1) is 0 Å². The molecule has 0 aliphatic carbocycles. The van der Waals surface area contributed by atoms with Gasteiger partial charge in [-0.3, -0.25) is 13.7 Å². The van der Waals surface area contributed by atoms with Crippen LogP contribution in [0.2, 0.25) is 0 Å². The Morgan fingerprint density at radius 2 is 0.700 bits per heavy atom. The van der Waals surface area contributed by atoms with Crippen LogP contribution in [0.4, 0.5) is 0 Å². The van der Waals surface area contributed by atoms with E-state index in [-0.39, 0.29) is 19.8 Å². The van der Waals surface area contributed by atoms with Gasteiger partial charge in [-0.2, -0.15) is 0 Å². The Hall–Kier alpha value is 0.816. The molecule has 0 N–H and O–H groups in total. The van der Waals surface area contributed by atoms with Crippen LogP contribution in [0.25, 0.3) is 0 Å². The summed E-state index contributed by atoms with van der Waals surface area (Å²) in [6.07, 6.45) is 0. The molecule has 0 fully saturated rings. The van der Waals surface area contributed by atoms with Gasteiger partial charge in [0.25, 0.3) is 0 Å². The first-order chi connectivity index (χ1) is 4.24. The molecule has 0 aliphatic heterocycles. The third-order valence-corrected chi connectivity index (χ3v) is 0. The van der Waals surface area contributed by atoms with E-state index in [2.05, 4.69) is 0 Å². The van der Waals surface area contributed by atoms with Crippen molar-refractivity contribution in [2.75, 3.05) is 0 Å². The molecule has 0 aromatic rings. The first kappa shape index (κ1) is 22.4. The van der Waals surface area contributed by atoms with Crippen molar-refractivity contribution < 1.29 is 48.2 Å². The van der Waals surface area contributed by atoms with E-state index < -0.39 is 26.1 Å². The Balaban J connectivity index is -0.0000000257. The smallest absolute Gasteiger partial charge is 0.772 e. The Morgan fingerprint density at radius 3 is 0.700 bits per heavy atom. The van der Waals surface area contributed by atoms with Gasteiger partial charge < -0.3 is 14.7 Å². The second kappa shape index (κ2) is 52.4. The molecule has 0 aromatic carbocycles. The molecular weight excluding hydrogens is 379 g/mol. The van der Waals surface area contributed by atoms with Crippen molar-refractivity contribution in [3.63, 3.8) is 0 Å². The monoisotopic (exact) mass is 381 g/mol. The zero-order chi connectivity index (χ0) is 8.12. The molecule has 0 aromatic heterocycles. The van der Waals surface area contributed by atoms with E-state index in [1.807, 2.05) is 0 Å². The molecule has 0 aliphatic rings. The van der Waals surface area contributed by atoms with Gasteiger partial charge in [0.1, 0.15) is 0 Å². The van der Waals surface area contributed by atoms with Crippen LogP contribution < -0.4 is 14.7 Å². The normalized spacial score (nSPS) is 6.30. The second-order valence-electron chi connectivity index (χ2n) is 0.224. The SMILES string of the molecule is O=P[O-].O=P[O-].O=P[O-].[Os+3]. The van der Waals surface area contributed by atoms with Crippen LogP contribution in [0.15, 0.2) is 0 Å². The minimum absolute atomic E-state index is 0. The first-order valence-electron chi connectivity index (χ1n) is 1.10. The summed E-state index contributed by atoms with van der Waals surface area (Å²) in [5.41, 5.74) is 0. The predicted octanol–water partition coefficient (Wildman–Crippen LogP) is -1.34. The molecule has 10 heavy (non-hydrogen) atoms. The Labute approximate surface area is 74.6 Å². The molecule has 0 unspecified atom stereocenters. The van der Waals surface area contributed by atoms with E-state index in [4.69, 9.17) is 28.4 Å².